The molecule has 0 spiro atoms. The summed E-state index contributed by atoms with van der Waals surface area (Å²) in [6.07, 6.45) is 2.08. The summed E-state index contributed by atoms with van der Waals surface area (Å²) in [6, 6.07) is 8.72. The molecule has 1 aromatic heterocycles. The van der Waals surface area contributed by atoms with Crippen molar-refractivity contribution in [2.75, 3.05) is 6.54 Å². The maximum absolute atomic E-state index is 4.73. The number of benzene rings is 1. The summed E-state index contributed by atoms with van der Waals surface area (Å²) in [5.74, 6) is 0. The second-order valence-corrected chi connectivity index (χ2v) is 7.05. The Bertz CT molecular complexity index is 535. The van der Waals surface area contributed by atoms with E-state index in [0.717, 1.165) is 25.1 Å². The topological polar surface area (TPSA) is 24.9 Å². The first kappa shape index (κ1) is 15.2. The molecular formula is C17H24N2S. The van der Waals surface area contributed by atoms with Crippen LogP contribution in [0, 0.1) is 0 Å². The highest BCUT2D eigenvalue weighted by Gasteiger charge is 2.09. The van der Waals surface area contributed by atoms with Gasteiger partial charge in [0.1, 0.15) is 0 Å². The highest BCUT2D eigenvalue weighted by molar-refractivity contribution is 7.09. The fourth-order valence-corrected chi connectivity index (χ4v) is 2.82. The van der Waals surface area contributed by atoms with Gasteiger partial charge in [-0.1, -0.05) is 31.2 Å². The highest BCUT2D eigenvalue weighted by atomic mass is 32.1. The van der Waals surface area contributed by atoms with Gasteiger partial charge >= 0.3 is 0 Å². The van der Waals surface area contributed by atoms with E-state index in [1.54, 1.807) is 11.3 Å². The van der Waals surface area contributed by atoms with E-state index in [1.165, 1.54) is 16.1 Å². The number of thiazole rings is 1. The molecule has 0 aliphatic carbocycles. The molecule has 3 heteroatoms. The predicted molar refractivity (Wildman–Crippen MR) is 88.4 cm³/mol. The van der Waals surface area contributed by atoms with Crippen molar-refractivity contribution in [3.05, 3.63) is 40.2 Å². The van der Waals surface area contributed by atoms with E-state index >= 15 is 0 Å². The molecule has 0 atom stereocenters. The molecule has 0 radical (unpaired) electrons. The lowest BCUT2D eigenvalue weighted by atomic mass is 10.1. The van der Waals surface area contributed by atoms with Gasteiger partial charge < -0.3 is 5.32 Å². The van der Waals surface area contributed by atoms with E-state index < -0.39 is 0 Å². The summed E-state index contributed by atoms with van der Waals surface area (Å²) in [5, 5.41) is 6.87. The number of aryl methyl sites for hydroxylation is 1. The van der Waals surface area contributed by atoms with Crippen molar-refractivity contribution < 1.29 is 0 Å². The molecule has 0 saturated heterocycles. The van der Waals surface area contributed by atoms with E-state index in [0.29, 0.717) is 0 Å². The maximum Gasteiger partial charge on any atom is 0.0945 e. The van der Waals surface area contributed by atoms with Gasteiger partial charge in [-0.05, 0) is 32.8 Å². The molecule has 1 aromatic carbocycles. The number of hydrogen-bond acceptors (Lipinski definition) is 3. The average Bonchev–Trinajstić information content (AvgIpc) is 2.86. The molecule has 108 valence electrons. The van der Waals surface area contributed by atoms with Crippen LogP contribution < -0.4 is 5.32 Å². The van der Waals surface area contributed by atoms with Gasteiger partial charge in [0.15, 0.2) is 0 Å². The van der Waals surface area contributed by atoms with Crippen LogP contribution in [0.4, 0.5) is 0 Å². The van der Waals surface area contributed by atoms with Gasteiger partial charge in [-0.25, -0.2) is 4.98 Å². The number of hydrogen-bond donors (Lipinski definition) is 1. The minimum absolute atomic E-state index is 0.177. The summed E-state index contributed by atoms with van der Waals surface area (Å²) in [7, 11) is 0. The van der Waals surface area contributed by atoms with Crippen LogP contribution in [0.5, 0.6) is 0 Å². The minimum Gasteiger partial charge on any atom is -0.312 e. The summed E-state index contributed by atoms with van der Waals surface area (Å²) in [4.78, 5) is 4.73. The van der Waals surface area contributed by atoms with Crippen molar-refractivity contribution >= 4 is 11.3 Å². The maximum atomic E-state index is 4.73. The van der Waals surface area contributed by atoms with Crippen molar-refractivity contribution in [1.29, 1.82) is 0 Å². The second kappa shape index (κ2) is 6.51. The molecule has 0 bridgehead atoms. The third-order valence-electron chi connectivity index (χ3n) is 3.20. The molecule has 0 aliphatic rings. The Morgan fingerprint density at radius 1 is 1.15 bits per heavy atom. The Morgan fingerprint density at radius 2 is 1.85 bits per heavy atom. The zero-order chi connectivity index (χ0) is 14.6. The van der Waals surface area contributed by atoms with Gasteiger partial charge in [0.05, 0.1) is 10.7 Å². The van der Waals surface area contributed by atoms with Crippen molar-refractivity contribution in [2.45, 2.75) is 46.1 Å². The quantitative estimate of drug-likeness (QED) is 0.887. The van der Waals surface area contributed by atoms with Gasteiger partial charge in [0.25, 0.3) is 0 Å². The zero-order valence-electron chi connectivity index (χ0n) is 12.9. The van der Waals surface area contributed by atoms with Crippen LogP contribution >= 0.6 is 11.3 Å². The third kappa shape index (κ3) is 4.43. The van der Waals surface area contributed by atoms with E-state index in [-0.39, 0.29) is 5.54 Å². The molecular weight excluding hydrogens is 264 g/mol. The van der Waals surface area contributed by atoms with Crippen molar-refractivity contribution in [3.8, 4) is 11.3 Å². The van der Waals surface area contributed by atoms with Crippen molar-refractivity contribution in [1.82, 2.24) is 10.3 Å². The summed E-state index contributed by atoms with van der Waals surface area (Å²) >= 11 is 1.75. The second-order valence-electron chi connectivity index (χ2n) is 6.10. The summed E-state index contributed by atoms with van der Waals surface area (Å²) in [5.41, 5.74) is 3.87. The van der Waals surface area contributed by atoms with Crippen LogP contribution in [0.2, 0.25) is 0 Å². The SMILES string of the molecule is CCc1ccc(-c2csc(CCNC(C)(C)C)n2)cc1. The van der Waals surface area contributed by atoms with Crippen LogP contribution in [-0.2, 0) is 12.8 Å². The molecule has 0 aliphatic heterocycles. The number of nitrogens with one attached hydrogen (secondary N) is 1. The lowest BCUT2D eigenvalue weighted by molar-refractivity contribution is 0.429. The minimum atomic E-state index is 0.177. The molecule has 0 unspecified atom stereocenters. The fourth-order valence-electron chi connectivity index (χ4n) is 2.01. The zero-order valence-corrected chi connectivity index (χ0v) is 13.7. The van der Waals surface area contributed by atoms with Gasteiger partial charge in [0, 0.05) is 29.4 Å². The van der Waals surface area contributed by atoms with Gasteiger partial charge in [-0.2, -0.15) is 0 Å². The van der Waals surface area contributed by atoms with Crippen LogP contribution in [0.25, 0.3) is 11.3 Å². The first-order valence-corrected chi connectivity index (χ1v) is 8.14. The van der Waals surface area contributed by atoms with Gasteiger partial charge in [0.2, 0.25) is 0 Å². The number of nitrogens with zero attached hydrogens (tertiary/aromatic N) is 1. The first-order chi connectivity index (χ1) is 9.48. The highest BCUT2D eigenvalue weighted by Crippen LogP contribution is 2.22. The Balaban J connectivity index is 1.97. The Hall–Kier alpha value is -1.19. The molecule has 2 aromatic rings. The molecule has 0 saturated carbocycles. The normalized spacial score (nSPS) is 11.8. The predicted octanol–water partition coefficient (Wildman–Crippen LogP) is 4.30. The van der Waals surface area contributed by atoms with Gasteiger partial charge in [-0.3, -0.25) is 0 Å². The van der Waals surface area contributed by atoms with Crippen molar-refractivity contribution in [3.63, 3.8) is 0 Å². The molecule has 20 heavy (non-hydrogen) atoms. The average molecular weight is 288 g/mol. The lowest BCUT2D eigenvalue weighted by Gasteiger charge is -2.19. The van der Waals surface area contributed by atoms with Crippen LogP contribution in [0.15, 0.2) is 29.6 Å². The standard InChI is InChI=1S/C17H24N2S/c1-5-13-6-8-14(9-7-13)15-12-20-16(19-15)10-11-18-17(2,3)4/h6-9,12,18H,5,10-11H2,1-4H3. The van der Waals surface area contributed by atoms with Gasteiger partial charge in [-0.15, -0.1) is 11.3 Å². The Kier molecular flexibility index (Phi) is 4.95. The smallest absolute Gasteiger partial charge is 0.0945 e. The van der Waals surface area contributed by atoms with Crippen LogP contribution in [-0.4, -0.2) is 17.1 Å². The third-order valence-corrected chi connectivity index (χ3v) is 4.11. The monoisotopic (exact) mass is 288 g/mol. The largest absolute Gasteiger partial charge is 0.312 e. The fraction of sp³-hybridized carbons (Fsp3) is 0.471. The summed E-state index contributed by atoms with van der Waals surface area (Å²) < 4.78 is 0. The first-order valence-electron chi connectivity index (χ1n) is 7.26. The van der Waals surface area contributed by atoms with E-state index in [4.69, 9.17) is 4.98 Å². The number of rotatable bonds is 5. The molecule has 2 rings (SSSR count). The molecule has 2 nitrogen and oxygen atoms in total. The van der Waals surface area contributed by atoms with E-state index in [9.17, 15) is 0 Å². The van der Waals surface area contributed by atoms with Crippen LogP contribution in [0.3, 0.4) is 0 Å². The van der Waals surface area contributed by atoms with E-state index in [1.807, 2.05) is 0 Å². The Labute approximate surface area is 126 Å². The molecule has 1 N–H and O–H groups in total. The van der Waals surface area contributed by atoms with Crippen molar-refractivity contribution in [2.24, 2.45) is 0 Å². The molecule has 0 fully saturated rings. The Morgan fingerprint density at radius 3 is 2.45 bits per heavy atom. The molecule has 0 amide bonds. The lowest BCUT2D eigenvalue weighted by Crippen LogP contribution is -2.37. The summed E-state index contributed by atoms with van der Waals surface area (Å²) in [6.45, 7) is 9.73. The van der Waals surface area contributed by atoms with Crippen LogP contribution in [0.1, 0.15) is 38.3 Å². The molecule has 1 heterocycles. The number of aromatic nitrogens is 1. The van der Waals surface area contributed by atoms with E-state index in [2.05, 4.69) is 62.7 Å².